The molecule has 1 heterocycles. The molecule has 1 unspecified atom stereocenters. The van der Waals surface area contributed by atoms with Crippen LogP contribution in [0.25, 0.3) is 0 Å². The van der Waals surface area contributed by atoms with Crippen LogP contribution in [0, 0.1) is 5.92 Å². The Morgan fingerprint density at radius 1 is 1.44 bits per heavy atom. The van der Waals surface area contributed by atoms with E-state index in [0.717, 1.165) is 12.8 Å². The molecule has 0 aliphatic carbocycles. The molecular formula is C10H19NO4S. The highest BCUT2D eigenvalue weighted by Crippen LogP contribution is 2.17. The predicted molar refractivity (Wildman–Crippen MR) is 60.6 cm³/mol. The van der Waals surface area contributed by atoms with Crippen molar-refractivity contribution in [1.29, 1.82) is 0 Å². The van der Waals surface area contributed by atoms with Crippen molar-refractivity contribution in [2.75, 3.05) is 18.8 Å². The summed E-state index contributed by atoms with van der Waals surface area (Å²) in [4.78, 5) is 10.4. The normalized spacial score (nSPS) is 22.8. The lowest BCUT2D eigenvalue weighted by atomic mass is 10.1. The summed E-state index contributed by atoms with van der Waals surface area (Å²) in [5.41, 5.74) is 0. The van der Waals surface area contributed by atoms with Crippen LogP contribution in [-0.2, 0) is 14.8 Å². The molecule has 1 aliphatic heterocycles. The van der Waals surface area contributed by atoms with Crippen molar-refractivity contribution in [3.8, 4) is 0 Å². The van der Waals surface area contributed by atoms with Crippen LogP contribution < -0.4 is 0 Å². The van der Waals surface area contributed by atoms with E-state index in [1.807, 2.05) is 6.92 Å². The van der Waals surface area contributed by atoms with Crippen LogP contribution >= 0.6 is 0 Å². The highest BCUT2D eigenvalue weighted by atomic mass is 32.2. The Bertz CT molecular complexity index is 339. The standard InChI is InChI=1S/C10H19NO4S/c1-9(4-5-10(12)13)8-11-6-2-3-7-16(11,14)15/h9H,2-8H2,1H3,(H,12,13). The summed E-state index contributed by atoms with van der Waals surface area (Å²) in [5, 5.41) is 8.54. The fourth-order valence-electron chi connectivity index (χ4n) is 1.85. The van der Waals surface area contributed by atoms with Gasteiger partial charge in [-0.1, -0.05) is 6.92 Å². The van der Waals surface area contributed by atoms with E-state index in [2.05, 4.69) is 0 Å². The smallest absolute Gasteiger partial charge is 0.303 e. The van der Waals surface area contributed by atoms with Crippen LogP contribution in [0.3, 0.4) is 0 Å². The van der Waals surface area contributed by atoms with Crippen LogP contribution in [-0.4, -0.2) is 42.6 Å². The number of carboxylic acids is 1. The van der Waals surface area contributed by atoms with Crippen LogP contribution in [0.15, 0.2) is 0 Å². The molecule has 1 atom stereocenters. The van der Waals surface area contributed by atoms with Crippen molar-refractivity contribution in [2.45, 2.75) is 32.6 Å². The van der Waals surface area contributed by atoms with Gasteiger partial charge >= 0.3 is 5.97 Å². The van der Waals surface area contributed by atoms with E-state index < -0.39 is 16.0 Å². The van der Waals surface area contributed by atoms with Crippen LogP contribution in [0.2, 0.25) is 0 Å². The molecule has 0 aromatic rings. The molecule has 0 spiro atoms. The number of rotatable bonds is 5. The summed E-state index contributed by atoms with van der Waals surface area (Å²) < 4.78 is 24.8. The minimum Gasteiger partial charge on any atom is -0.481 e. The van der Waals surface area contributed by atoms with Gasteiger partial charge in [-0.3, -0.25) is 4.79 Å². The van der Waals surface area contributed by atoms with E-state index in [9.17, 15) is 13.2 Å². The van der Waals surface area contributed by atoms with E-state index in [0.29, 0.717) is 19.5 Å². The number of hydrogen-bond donors (Lipinski definition) is 1. The number of sulfonamides is 1. The number of aliphatic carboxylic acids is 1. The average molecular weight is 249 g/mol. The van der Waals surface area contributed by atoms with Gasteiger partial charge in [-0.2, -0.15) is 0 Å². The molecular weight excluding hydrogens is 230 g/mol. The van der Waals surface area contributed by atoms with Gasteiger partial charge in [0.2, 0.25) is 10.0 Å². The summed E-state index contributed by atoms with van der Waals surface area (Å²) in [6, 6.07) is 0. The Morgan fingerprint density at radius 3 is 2.69 bits per heavy atom. The molecule has 1 aliphatic rings. The lowest BCUT2D eigenvalue weighted by molar-refractivity contribution is -0.137. The lowest BCUT2D eigenvalue weighted by Gasteiger charge is -2.28. The Morgan fingerprint density at radius 2 is 2.12 bits per heavy atom. The second-order valence-corrected chi connectivity index (χ2v) is 6.51. The molecule has 0 bridgehead atoms. The molecule has 1 N–H and O–H groups in total. The Labute approximate surface area is 96.5 Å². The Hall–Kier alpha value is -0.620. The summed E-state index contributed by atoms with van der Waals surface area (Å²) in [7, 11) is -3.07. The number of carboxylic acid groups (broad SMARTS) is 1. The quantitative estimate of drug-likeness (QED) is 0.786. The molecule has 0 amide bonds. The van der Waals surface area contributed by atoms with Crippen molar-refractivity contribution in [3.05, 3.63) is 0 Å². The van der Waals surface area contributed by atoms with E-state index in [-0.39, 0.29) is 18.1 Å². The summed E-state index contributed by atoms with van der Waals surface area (Å²) in [6.45, 7) is 2.93. The number of hydrogen-bond acceptors (Lipinski definition) is 3. The monoisotopic (exact) mass is 249 g/mol. The summed E-state index contributed by atoms with van der Waals surface area (Å²) in [6.07, 6.45) is 2.28. The van der Waals surface area contributed by atoms with Gasteiger partial charge in [-0.15, -0.1) is 0 Å². The minimum atomic E-state index is -3.07. The van der Waals surface area contributed by atoms with Gasteiger partial charge in [0, 0.05) is 19.5 Å². The molecule has 0 aromatic heterocycles. The topological polar surface area (TPSA) is 74.7 Å². The number of carbonyl (C=O) groups is 1. The van der Waals surface area contributed by atoms with Crippen molar-refractivity contribution in [3.63, 3.8) is 0 Å². The van der Waals surface area contributed by atoms with Gasteiger partial charge < -0.3 is 5.11 Å². The Balaban J connectivity index is 2.43. The predicted octanol–water partition coefficient (Wildman–Crippen LogP) is 0.913. The van der Waals surface area contributed by atoms with Gasteiger partial charge in [0.25, 0.3) is 0 Å². The third-order valence-corrected chi connectivity index (χ3v) is 4.74. The maximum absolute atomic E-state index is 11.7. The largest absolute Gasteiger partial charge is 0.481 e. The van der Waals surface area contributed by atoms with Crippen molar-refractivity contribution in [2.24, 2.45) is 5.92 Å². The molecule has 16 heavy (non-hydrogen) atoms. The fraction of sp³-hybridized carbons (Fsp3) is 0.900. The first kappa shape index (κ1) is 13.4. The zero-order chi connectivity index (χ0) is 12.2. The lowest BCUT2D eigenvalue weighted by Crippen LogP contribution is -2.40. The van der Waals surface area contributed by atoms with Gasteiger partial charge in [0.1, 0.15) is 0 Å². The third kappa shape index (κ3) is 4.09. The first-order chi connectivity index (χ1) is 7.42. The Kier molecular flexibility index (Phi) is 4.73. The van der Waals surface area contributed by atoms with Crippen molar-refractivity contribution < 1.29 is 18.3 Å². The van der Waals surface area contributed by atoms with Gasteiger partial charge in [-0.25, -0.2) is 12.7 Å². The fourth-order valence-corrected chi connectivity index (χ4v) is 3.57. The van der Waals surface area contributed by atoms with Gasteiger partial charge in [-0.05, 0) is 25.2 Å². The first-order valence-electron chi connectivity index (χ1n) is 5.61. The van der Waals surface area contributed by atoms with Crippen LogP contribution in [0.5, 0.6) is 0 Å². The van der Waals surface area contributed by atoms with Gasteiger partial charge in [0.05, 0.1) is 5.75 Å². The molecule has 6 heteroatoms. The van der Waals surface area contributed by atoms with Gasteiger partial charge in [0.15, 0.2) is 0 Å². The molecule has 5 nitrogen and oxygen atoms in total. The first-order valence-corrected chi connectivity index (χ1v) is 7.22. The maximum atomic E-state index is 11.7. The third-order valence-electron chi connectivity index (χ3n) is 2.82. The van der Waals surface area contributed by atoms with E-state index in [1.165, 1.54) is 4.31 Å². The molecule has 0 saturated carbocycles. The second-order valence-electron chi connectivity index (χ2n) is 4.42. The van der Waals surface area contributed by atoms with Crippen LogP contribution in [0.1, 0.15) is 32.6 Å². The zero-order valence-electron chi connectivity index (χ0n) is 9.55. The summed E-state index contributed by atoms with van der Waals surface area (Å²) >= 11 is 0. The van der Waals surface area contributed by atoms with E-state index in [4.69, 9.17) is 5.11 Å². The van der Waals surface area contributed by atoms with E-state index >= 15 is 0 Å². The SMILES string of the molecule is CC(CCC(=O)O)CN1CCCCS1(=O)=O. The number of nitrogens with zero attached hydrogens (tertiary/aromatic N) is 1. The molecule has 94 valence electrons. The highest BCUT2D eigenvalue weighted by molar-refractivity contribution is 7.89. The zero-order valence-corrected chi connectivity index (χ0v) is 10.4. The second kappa shape index (κ2) is 5.63. The summed E-state index contributed by atoms with van der Waals surface area (Å²) in [5.74, 6) is -0.490. The molecule has 1 saturated heterocycles. The molecule has 0 aromatic carbocycles. The molecule has 0 radical (unpaired) electrons. The molecule has 1 rings (SSSR count). The van der Waals surface area contributed by atoms with Crippen LogP contribution in [0.4, 0.5) is 0 Å². The van der Waals surface area contributed by atoms with Crippen molar-refractivity contribution >= 4 is 16.0 Å². The van der Waals surface area contributed by atoms with E-state index in [1.54, 1.807) is 0 Å². The highest BCUT2D eigenvalue weighted by Gasteiger charge is 2.26. The minimum absolute atomic E-state index is 0.101. The maximum Gasteiger partial charge on any atom is 0.303 e. The molecule has 1 fully saturated rings. The average Bonchev–Trinajstić information content (AvgIpc) is 2.18. The van der Waals surface area contributed by atoms with Crippen molar-refractivity contribution in [1.82, 2.24) is 4.31 Å².